The minimum Gasteiger partial charge on any atom is -0.342 e. The minimum absolute atomic E-state index is 0.103. The molecule has 122 valence electrons. The van der Waals surface area contributed by atoms with Crippen LogP contribution in [0.1, 0.15) is 54.2 Å². The molecule has 0 aliphatic heterocycles. The fourth-order valence-electron chi connectivity index (χ4n) is 3.42. The van der Waals surface area contributed by atoms with Crippen molar-refractivity contribution < 1.29 is 9.18 Å². The highest BCUT2D eigenvalue weighted by molar-refractivity contribution is 5.95. The molecule has 0 spiro atoms. The summed E-state index contributed by atoms with van der Waals surface area (Å²) in [5, 5.41) is 7.55. The fraction of sp³-hybridized carbons (Fsp3) is 0.444. The lowest BCUT2D eigenvalue weighted by Gasteiger charge is -2.31. The Morgan fingerprint density at radius 1 is 1.30 bits per heavy atom. The van der Waals surface area contributed by atoms with Crippen molar-refractivity contribution in [3.8, 4) is 0 Å². The van der Waals surface area contributed by atoms with Crippen molar-refractivity contribution >= 4 is 5.91 Å². The van der Waals surface area contributed by atoms with E-state index >= 15 is 0 Å². The number of hydrogen-bond donors (Lipinski definition) is 1. The largest absolute Gasteiger partial charge is 0.342 e. The van der Waals surface area contributed by atoms with E-state index in [0.29, 0.717) is 5.56 Å². The van der Waals surface area contributed by atoms with Gasteiger partial charge in [-0.15, -0.1) is 0 Å². The molecule has 1 aliphatic carbocycles. The molecule has 1 aromatic heterocycles. The average Bonchev–Trinajstić information content (AvgIpc) is 3.15. The SMILES string of the molecule is CCn1cc(C(=O)NC2(c3ccc(F)cc3)CCCC2)c(C)n1. The van der Waals surface area contributed by atoms with Crippen LogP contribution in [0.4, 0.5) is 4.39 Å². The molecule has 1 aromatic carbocycles. The third-order valence-electron chi connectivity index (χ3n) is 4.72. The van der Waals surface area contributed by atoms with Gasteiger partial charge in [0, 0.05) is 12.7 Å². The summed E-state index contributed by atoms with van der Waals surface area (Å²) in [6, 6.07) is 6.48. The first-order valence-corrected chi connectivity index (χ1v) is 8.17. The zero-order valence-electron chi connectivity index (χ0n) is 13.6. The van der Waals surface area contributed by atoms with E-state index in [1.807, 2.05) is 13.8 Å². The molecule has 1 amide bonds. The number of amides is 1. The lowest BCUT2D eigenvalue weighted by molar-refractivity contribution is 0.0897. The van der Waals surface area contributed by atoms with Gasteiger partial charge in [0.05, 0.1) is 16.8 Å². The lowest BCUT2D eigenvalue weighted by Crippen LogP contribution is -2.43. The van der Waals surface area contributed by atoms with Crippen LogP contribution in [0.15, 0.2) is 30.5 Å². The summed E-state index contributed by atoms with van der Waals surface area (Å²) >= 11 is 0. The van der Waals surface area contributed by atoms with Gasteiger partial charge in [0.25, 0.3) is 5.91 Å². The van der Waals surface area contributed by atoms with Crippen LogP contribution < -0.4 is 5.32 Å². The van der Waals surface area contributed by atoms with E-state index in [0.717, 1.165) is 43.5 Å². The molecule has 4 nitrogen and oxygen atoms in total. The number of nitrogens with zero attached hydrogens (tertiary/aromatic N) is 2. The summed E-state index contributed by atoms with van der Waals surface area (Å²) in [4.78, 5) is 12.8. The first kappa shape index (κ1) is 15.7. The van der Waals surface area contributed by atoms with Gasteiger partial charge in [0.15, 0.2) is 0 Å². The predicted molar refractivity (Wildman–Crippen MR) is 86.7 cm³/mol. The van der Waals surface area contributed by atoms with Crippen LogP contribution in [0.2, 0.25) is 0 Å². The summed E-state index contributed by atoms with van der Waals surface area (Å²) in [5.74, 6) is -0.360. The van der Waals surface area contributed by atoms with Crippen molar-refractivity contribution in [3.05, 3.63) is 53.1 Å². The molecule has 0 saturated heterocycles. The van der Waals surface area contributed by atoms with Crippen molar-refractivity contribution in [2.45, 2.75) is 51.6 Å². The van der Waals surface area contributed by atoms with Crippen LogP contribution in [-0.2, 0) is 12.1 Å². The summed E-state index contributed by atoms with van der Waals surface area (Å²) < 4.78 is 15.0. The standard InChI is InChI=1S/C18H22FN3O/c1-3-22-12-16(13(2)21-22)17(23)20-18(10-4-5-11-18)14-6-8-15(19)9-7-14/h6-9,12H,3-5,10-11H2,1-2H3,(H,20,23). The summed E-state index contributed by atoms with van der Waals surface area (Å²) in [7, 11) is 0. The molecule has 1 N–H and O–H groups in total. The van der Waals surface area contributed by atoms with E-state index in [9.17, 15) is 9.18 Å². The van der Waals surface area contributed by atoms with E-state index in [1.54, 1.807) is 23.0 Å². The maximum atomic E-state index is 13.2. The van der Waals surface area contributed by atoms with Gasteiger partial charge in [0.2, 0.25) is 0 Å². The second-order valence-electron chi connectivity index (χ2n) is 6.23. The minimum atomic E-state index is -0.397. The summed E-state index contributed by atoms with van der Waals surface area (Å²) in [6.07, 6.45) is 5.67. The van der Waals surface area contributed by atoms with Gasteiger partial charge >= 0.3 is 0 Å². The van der Waals surface area contributed by atoms with Crippen LogP contribution in [0.5, 0.6) is 0 Å². The van der Waals surface area contributed by atoms with E-state index in [4.69, 9.17) is 0 Å². The highest BCUT2D eigenvalue weighted by Crippen LogP contribution is 2.39. The van der Waals surface area contributed by atoms with Crippen LogP contribution in [0.25, 0.3) is 0 Å². The third kappa shape index (κ3) is 3.00. The van der Waals surface area contributed by atoms with Gasteiger partial charge in [-0.3, -0.25) is 9.48 Å². The Bertz CT molecular complexity index is 700. The zero-order chi connectivity index (χ0) is 16.4. The normalized spacial score (nSPS) is 16.5. The average molecular weight is 315 g/mol. The smallest absolute Gasteiger partial charge is 0.255 e. The summed E-state index contributed by atoms with van der Waals surface area (Å²) in [5.41, 5.74) is 1.92. The molecule has 1 heterocycles. The van der Waals surface area contributed by atoms with Gasteiger partial charge < -0.3 is 5.32 Å². The Morgan fingerprint density at radius 3 is 2.52 bits per heavy atom. The second kappa shape index (κ2) is 6.14. The number of rotatable bonds is 4. The quantitative estimate of drug-likeness (QED) is 0.938. The molecule has 1 saturated carbocycles. The van der Waals surface area contributed by atoms with Gasteiger partial charge in [0.1, 0.15) is 5.82 Å². The molecule has 0 atom stereocenters. The molecule has 0 radical (unpaired) electrons. The molecule has 23 heavy (non-hydrogen) atoms. The zero-order valence-corrected chi connectivity index (χ0v) is 13.6. The highest BCUT2D eigenvalue weighted by Gasteiger charge is 2.37. The van der Waals surface area contributed by atoms with Crippen molar-refractivity contribution in [3.63, 3.8) is 0 Å². The number of carbonyl (C=O) groups is 1. The number of aryl methyl sites for hydroxylation is 2. The monoisotopic (exact) mass is 315 g/mol. The van der Waals surface area contributed by atoms with Crippen LogP contribution in [0.3, 0.4) is 0 Å². The molecule has 0 unspecified atom stereocenters. The predicted octanol–water partition coefficient (Wildman–Crippen LogP) is 3.55. The molecule has 2 aromatic rings. The van der Waals surface area contributed by atoms with Crippen LogP contribution in [-0.4, -0.2) is 15.7 Å². The molecule has 3 rings (SSSR count). The van der Waals surface area contributed by atoms with E-state index in [2.05, 4.69) is 10.4 Å². The van der Waals surface area contributed by atoms with E-state index in [1.165, 1.54) is 12.1 Å². The topological polar surface area (TPSA) is 46.9 Å². The Kier molecular flexibility index (Phi) is 4.20. The Labute approximate surface area is 135 Å². The molecule has 5 heteroatoms. The number of aromatic nitrogens is 2. The molecule has 1 aliphatic rings. The van der Waals surface area contributed by atoms with Gasteiger partial charge in [-0.05, 0) is 44.4 Å². The second-order valence-corrected chi connectivity index (χ2v) is 6.23. The van der Waals surface area contributed by atoms with Crippen LogP contribution >= 0.6 is 0 Å². The van der Waals surface area contributed by atoms with Crippen molar-refractivity contribution in [2.24, 2.45) is 0 Å². The van der Waals surface area contributed by atoms with Gasteiger partial charge in [-0.1, -0.05) is 25.0 Å². The Morgan fingerprint density at radius 2 is 1.96 bits per heavy atom. The third-order valence-corrected chi connectivity index (χ3v) is 4.72. The fourth-order valence-corrected chi connectivity index (χ4v) is 3.42. The van der Waals surface area contributed by atoms with Gasteiger partial charge in [-0.2, -0.15) is 5.10 Å². The molecular weight excluding hydrogens is 293 g/mol. The molecule has 1 fully saturated rings. The maximum Gasteiger partial charge on any atom is 0.255 e. The van der Waals surface area contributed by atoms with Crippen molar-refractivity contribution in [1.29, 1.82) is 0 Å². The Balaban J connectivity index is 1.89. The van der Waals surface area contributed by atoms with Gasteiger partial charge in [-0.25, -0.2) is 4.39 Å². The van der Waals surface area contributed by atoms with Crippen LogP contribution in [0, 0.1) is 12.7 Å². The van der Waals surface area contributed by atoms with Crippen molar-refractivity contribution in [2.75, 3.05) is 0 Å². The first-order chi connectivity index (χ1) is 11.0. The lowest BCUT2D eigenvalue weighted by atomic mass is 9.87. The highest BCUT2D eigenvalue weighted by atomic mass is 19.1. The number of nitrogens with one attached hydrogen (secondary N) is 1. The van der Waals surface area contributed by atoms with E-state index in [-0.39, 0.29) is 11.7 Å². The number of carbonyl (C=O) groups excluding carboxylic acids is 1. The number of halogens is 1. The van der Waals surface area contributed by atoms with E-state index < -0.39 is 5.54 Å². The molecule has 0 bridgehead atoms. The molecular formula is C18H22FN3O. The maximum absolute atomic E-state index is 13.2. The number of benzene rings is 1. The van der Waals surface area contributed by atoms with Crippen molar-refractivity contribution in [1.82, 2.24) is 15.1 Å². The Hall–Kier alpha value is -2.17. The number of hydrogen-bond acceptors (Lipinski definition) is 2. The first-order valence-electron chi connectivity index (χ1n) is 8.17. The summed E-state index contributed by atoms with van der Waals surface area (Å²) in [6.45, 7) is 4.57.